The van der Waals surface area contributed by atoms with E-state index in [1.165, 1.54) is 0 Å². The van der Waals surface area contributed by atoms with Crippen LogP contribution in [-0.2, 0) is 11.3 Å². The Balaban J connectivity index is 2.09. The Morgan fingerprint density at radius 1 is 1.25 bits per heavy atom. The summed E-state index contributed by atoms with van der Waals surface area (Å²) in [4.78, 5) is 24.2. The predicted molar refractivity (Wildman–Crippen MR) is 129 cm³/mol. The average molecular weight is 481 g/mol. The number of carbonyl (C=O) groups excluding carboxylic acids is 1. The largest absolute Gasteiger partial charge is 0.444 e. The first kappa shape index (κ1) is 24.5. The van der Waals surface area contributed by atoms with Crippen molar-refractivity contribution in [3.63, 3.8) is 0 Å². The van der Waals surface area contributed by atoms with Crippen LogP contribution in [0.4, 0.5) is 16.4 Å². The van der Waals surface area contributed by atoms with Crippen molar-refractivity contribution in [2.24, 2.45) is 11.5 Å². The summed E-state index contributed by atoms with van der Waals surface area (Å²) in [6, 6.07) is 5.20. The van der Waals surface area contributed by atoms with Gasteiger partial charge in [0.1, 0.15) is 11.3 Å². The molecule has 32 heavy (non-hydrogen) atoms. The molecule has 174 valence electrons. The van der Waals surface area contributed by atoms with E-state index >= 15 is 0 Å². The smallest absolute Gasteiger partial charge is 0.413 e. The molecule has 2 heterocycles. The Bertz CT molecular complexity index is 997. The summed E-state index contributed by atoms with van der Waals surface area (Å²) in [6.07, 6.45) is 0.955. The van der Waals surface area contributed by atoms with E-state index in [1.807, 2.05) is 6.92 Å². The molecule has 1 aromatic carbocycles. The van der Waals surface area contributed by atoms with Crippen LogP contribution in [-0.4, -0.2) is 40.3 Å². The second-order valence-corrected chi connectivity index (χ2v) is 10.0. The zero-order valence-corrected chi connectivity index (χ0v) is 20.3. The molecule has 0 spiro atoms. The van der Waals surface area contributed by atoms with Crippen LogP contribution in [0.2, 0.25) is 10.0 Å². The maximum Gasteiger partial charge on any atom is 0.413 e. The third-order valence-corrected chi connectivity index (χ3v) is 5.99. The van der Waals surface area contributed by atoms with Gasteiger partial charge in [-0.25, -0.2) is 14.8 Å². The highest BCUT2D eigenvalue weighted by Crippen LogP contribution is 2.37. The molecule has 0 atom stereocenters. The Kier molecular flexibility index (Phi) is 7.19. The number of hydrogen-bond donors (Lipinski definition) is 3. The molecule has 8 nitrogen and oxygen atoms in total. The highest BCUT2D eigenvalue weighted by atomic mass is 35.5. The topological polar surface area (TPSA) is 119 Å². The van der Waals surface area contributed by atoms with E-state index in [0.29, 0.717) is 45.9 Å². The molecule has 1 saturated heterocycles. The number of piperidine rings is 1. The highest BCUT2D eigenvalue weighted by Gasteiger charge is 2.29. The standard InChI is InChI=1S/C22H30Cl2N6O2/c1-21(2,3)32-20(31)29-18-17(13-6-5-7-14(23)16(13)24)27-15(12-25)19(28-18)30-10-8-22(4,26)9-11-30/h5-7H,8-12,25-26H2,1-4H3,(H,28,29,31). The number of aromatic nitrogens is 2. The van der Waals surface area contributed by atoms with Gasteiger partial charge in [-0.15, -0.1) is 0 Å². The Morgan fingerprint density at radius 2 is 1.91 bits per heavy atom. The molecule has 1 aliphatic rings. The first-order valence-corrected chi connectivity index (χ1v) is 11.2. The van der Waals surface area contributed by atoms with Crippen LogP contribution in [0.15, 0.2) is 18.2 Å². The highest BCUT2D eigenvalue weighted by molar-refractivity contribution is 6.43. The van der Waals surface area contributed by atoms with Crippen molar-refractivity contribution in [3.8, 4) is 11.3 Å². The van der Waals surface area contributed by atoms with Gasteiger partial charge in [0.15, 0.2) is 11.6 Å². The van der Waals surface area contributed by atoms with Gasteiger partial charge in [0.25, 0.3) is 0 Å². The molecule has 5 N–H and O–H groups in total. The number of halogens is 2. The van der Waals surface area contributed by atoms with Crippen LogP contribution < -0.4 is 21.7 Å². The number of ether oxygens (including phenoxy) is 1. The number of amides is 1. The first-order valence-electron chi connectivity index (χ1n) is 10.5. The molecule has 1 aliphatic heterocycles. The van der Waals surface area contributed by atoms with Crippen molar-refractivity contribution in [2.45, 2.75) is 58.2 Å². The maximum absolute atomic E-state index is 12.6. The fraction of sp³-hybridized carbons (Fsp3) is 0.500. The molecule has 0 bridgehead atoms. The SMILES string of the molecule is CC1(N)CCN(c2nc(NC(=O)OC(C)(C)C)c(-c3cccc(Cl)c3Cl)nc2CN)CC1. The first-order chi connectivity index (χ1) is 14.9. The molecule has 10 heteroatoms. The lowest BCUT2D eigenvalue weighted by Crippen LogP contribution is -2.48. The van der Waals surface area contributed by atoms with Crippen molar-refractivity contribution >= 4 is 40.9 Å². The van der Waals surface area contributed by atoms with Crippen molar-refractivity contribution < 1.29 is 9.53 Å². The van der Waals surface area contributed by atoms with E-state index in [4.69, 9.17) is 49.4 Å². The minimum atomic E-state index is -0.677. The minimum Gasteiger partial charge on any atom is -0.444 e. The summed E-state index contributed by atoms with van der Waals surface area (Å²) in [5.41, 5.74) is 12.9. The summed E-state index contributed by atoms with van der Waals surface area (Å²) < 4.78 is 5.42. The van der Waals surface area contributed by atoms with E-state index in [-0.39, 0.29) is 17.9 Å². The predicted octanol–water partition coefficient (Wildman–Crippen LogP) is 4.57. The van der Waals surface area contributed by atoms with E-state index in [1.54, 1.807) is 39.0 Å². The number of benzene rings is 1. The van der Waals surface area contributed by atoms with Crippen LogP contribution >= 0.6 is 23.2 Å². The number of anilines is 2. The molecule has 0 aliphatic carbocycles. The van der Waals surface area contributed by atoms with Gasteiger partial charge >= 0.3 is 6.09 Å². The molecular formula is C22H30Cl2N6O2. The second-order valence-electron chi connectivity index (χ2n) is 9.26. The van der Waals surface area contributed by atoms with Gasteiger partial charge in [-0.2, -0.15) is 0 Å². The Labute approximate surface area is 198 Å². The van der Waals surface area contributed by atoms with Crippen LogP contribution in [0.25, 0.3) is 11.3 Å². The van der Waals surface area contributed by atoms with Crippen molar-refractivity contribution in [3.05, 3.63) is 33.9 Å². The molecule has 0 unspecified atom stereocenters. The molecule has 3 rings (SSSR count). The number of hydrogen-bond acceptors (Lipinski definition) is 7. The molecule has 0 saturated carbocycles. The lowest BCUT2D eigenvalue weighted by molar-refractivity contribution is 0.0635. The molecular weight excluding hydrogens is 451 g/mol. The number of nitrogens with one attached hydrogen (secondary N) is 1. The monoisotopic (exact) mass is 480 g/mol. The normalized spacial score (nSPS) is 16.1. The number of rotatable bonds is 4. The van der Waals surface area contributed by atoms with Gasteiger partial charge in [-0.3, -0.25) is 5.32 Å². The van der Waals surface area contributed by atoms with Gasteiger partial charge in [-0.05, 0) is 46.6 Å². The quantitative estimate of drug-likeness (QED) is 0.585. The number of carbonyl (C=O) groups is 1. The Hall–Kier alpha value is -2.13. The molecule has 2 aromatic rings. The van der Waals surface area contributed by atoms with Gasteiger partial charge in [-0.1, -0.05) is 35.3 Å². The summed E-state index contributed by atoms with van der Waals surface area (Å²) in [7, 11) is 0. The van der Waals surface area contributed by atoms with Crippen LogP contribution in [0.1, 0.15) is 46.2 Å². The molecule has 1 fully saturated rings. The van der Waals surface area contributed by atoms with E-state index in [2.05, 4.69) is 10.2 Å². The van der Waals surface area contributed by atoms with Crippen molar-refractivity contribution in [1.82, 2.24) is 9.97 Å². The van der Waals surface area contributed by atoms with E-state index in [0.717, 1.165) is 12.8 Å². The Morgan fingerprint density at radius 3 is 2.50 bits per heavy atom. The summed E-state index contributed by atoms with van der Waals surface area (Å²) in [5, 5.41) is 3.41. The zero-order chi connectivity index (χ0) is 23.7. The summed E-state index contributed by atoms with van der Waals surface area (Å²) in [5.74, 6) is 0.827. The molecule has 1 aromatic heterocycles. The lowest BCUT2D eigenvalue weighted by atomic mass is 9.91. The van der Waals surface area contributed by atoms with Gasteiger partial charge in [0.2, 0.25) is 0 Å². The van der Waals surface area contributed by atoms with Gasteiger partial charge < -0.3 is 21.1 Å². The van der Waals surface area contributed by atoms with Gasteiger partial charge in [0.05, 0.1) is 15.7 Å². The second kappa shape index (κ2) is 9.39. The van der Waals surface area contributed by atoms with Crippen LogP contribution in [0, 0.1) is 0 Å². The molecule has 1 amide bonds. The third kappa shape index (κ3) is 5.81. The van der Waals surface area contributed by atoms with Gasteiger partial charge in [0, 0.05) is 30.7 Å². The number of nitrogens with zero attached hydrogens (tertiary/aromatic N) is 3. The summed E-state index contributed by atoms with van der Waals surface area (Å²) >= 11 is 12.7. The minimum absolute atomic E-state index is 0.163. The fourth-order valence-electron chi connectivity index (χ4n) is 3.44. The average Bonchev–Trinajstić information content (AvgIpc) is 2.68. The van der Waals surface area contributed by atoms with E-state index < -0.39 is 11.7 Å². The van der Waals surface area contributed by atoms with Crippen molar-refractivity contribution in [1.29, 1.82) is 0 Å². The molecule has 0 radical (unpaired) electrons. The van der Waals surface area contributed by atoms with Crippen molar-refractivity contribution in [2.75, 3.05) is 23.3 Å². The lowest BCUT2D eigenvalue weighted by Gasteiger charge is -2.38. The van der Waals surface area contributed by atoms with Crippen LogP contribution in [0.5, 0.6) is 0 Å². The third-order valence-electron chi connectivity index (χ3n) is 5.17. The fourth-order valence-corrected chi connectivity index (χ4v) is 3.83. The zero-order valence-electron chi connectivity index (χ0n) is 18.8. The number of nitrogens with two attached hydrogens (primary N) is 2. The van der Waals surface area contributed by atoms with Crippen LogP contribution in [0.3, 0.4) is 0 Å². The summed E-state index contributed by atoms with van der Waals surface area (Å²) in [6.45, 7) is 8.97. The maximum atomic E-state index is 12.6. The van der Waals surface area contributed by atoms with E-state index in [9.17, 15) is 4.79 Å².